The first-order valence-corrected chi connectivity index (χ1v) is 22.5. The summed E-state index contributed by atoms with van der Waals surface area (Å²) in [5.41, 5.74) is 18.2. The molecule has 0 radical (unpaired) electrons. The van der Waals surface area contributed by atoms with Crippen LogP contribution in [0.25, 0.3) is 33.0 Å². The minimum atomic E-state index is -0.573. The van der Waals surface area contributed by atoms with Gasteiger partial charge in [-0.3, -0.25) is 0 Å². The lowest BCUT2D eigenvalue weighted by molar-refractivity contribution is 0.794. The Bertz CT molecular complexity index is 3260. The summed E-state index contributed by atoms with van der Waals surface area (Å²) in [5.74, 6) is 0.412. The normalized spacial score (nSPS) is 18.2. The van der Waals surface area contributed by atoms with Crippen molar-refractivity contribution in [3.63, 3.8) is 0 Å². The van der Waals surface area contributed by atoms with E-state index in [0.717, 1.165) is 22.7 Å². The Balaban J connectivity index is 1.11. The van der Waals surface area contributed by atoms with Gasteiger partial charge in [-0.15, -0.1) is 11.8 Å². The van der Waals surface area contributed by atoms with E-state index in [-0.39, 0.29) is 0 Å². The topological polar surface area (TPSA) is 6.48 Å². The Labute approximate surface area is 366 Å². The van der Waals surface area contributed by atoms with Gasteiger partial charge < -0.3 is 9.80 Å². The van der Waals surface area contributed by atoms with Gasteiger partial charge >= 0.3 is 0 Å². The number of hydrogen-bond donors (Lipinski definition) is 0. The van der Waals surface area contributed by atoms with Crippen LogP contribution < -0.4 is 9.80 Å². The molecule has 0 bridgehead atoms. The molecule has 0 saturated heterocycles. The second-order valence-electron chi connectivity index (χ2n) is 16.7. The lowest BCUT2D eigenvalue weighted by Gasteiger charge is -2.33. The SMILES string of the molecule is C1=CC2Sc3cc(N(c4ccccc4)c4cccc5c4-c4ccccc4C54c5ccccc5-c5c4cc(N(c4ccccc4)c4ccccc4)c4ccccc54)ccc3C2C=C1. The molecule has 0 amide bonds. The van der Waals surface area contributed by atoms with Crippen molar-refractivity contribution < 1.29 is 0 Å². The molecular weight excluding hydrogens is 769 g/mol. The number of nitrogens with zero attached hydrogens (tertiary/aromatic N) is 2. The van der Waals surface area contributed by atoms with Crippen molar-refractivity contribution in [2.45, 2.75) is 21.5 Å². The highest BCUT2D eigenvalue weighted by molar-refractivity contribution is 8.00. The van der Waals surface area contributed by atoms with Crippen molar-refractivity contribution in [2.75, 3.05) is 9.80 Å². The number of allylic oxidation sites excluding steroid dienone is 3. The number of fused-ring (bicyclic) bond motifs is 15. The van der Waals surface area contributed by atoms with Crippen molar-refractivity contribution in [1.29, 1.82) is 0 Å². The molecule has 0 fully saturated rings. The fourth-order valence-corrected chi connectivity index (χ4v) is 12.5. The molecule has 1 spiro atoms. The van der Waals surface area contributed by atoms with Crippen LogP contribution in [0.1, 0.15) is 33.7 Å². The summed E-state index contributed by atoms with van der Waals surface area (Å²) in [6.07, 6.45) is 9.12. The molecule has 9 aromatic carbocycles. The number of hydrogen-bond acceptors (Lipinski definition) is 3. The molecule has 2 nitrogen and oxygen atoms in total. The molecule has 3 atom stereocenters. The van der Waals surface area contributed by atoms with E-state index in [0.29, 0.717) is 11.2 Å². The molecule has 13 rings (SSSR count). The minimum absolute atomic E-state index is 0.412. The van der Waals surface area contributed by atoms with Gasteiger partial charge in [0.25, 0.3) is 0 Å². The highest BCUT2D eigenvalue weighted by atomic mass is 32.2. The molecule has 0 N–H and O–H groups in total. The van der Waals surface area contributed by atoms with Crippen molar-refractivity contribution in [2.24, 2.45) is 0 Å². The zero-order chi connectivity index (χ0) is 40.8. The predicted molar refractivity (Wildman–Crippen MR) is 260 cm³/mol. The van der Waals surface area contributed by atoms with Gasteiger partial charge in [0.1, 0.15) is 0 Å². The molecule has 292 valence electrons. The van der Waals surface area contributed by atoms with Crippen molar-refractivity contribution in [1.82, 2.24) is 0 Å². The molecule has 0 aromatic heterocycles. The zero-order valence-electron chi connectivity index (χ0n) is 33.9. The molecule has 3 heteroatoms. The summed E-state index contributed by atoms with van der Waals surface area (Å²) >= 11 is 1.99. The number of anilines is 6. The number of benzene rings is 9. The quantitative estimate of drug-likeness (QED) is 0.165. The maximum atomic E-state index is 2.53. The average molecular weight is 809 g/mol. The van der Waals surface area contributed by atoms with Crippen LogP contribution in [-0.4, -0.2) is 5.25 Å². The van der Waals surface area contributed by atoms with Crippen molar-refractivity contribution in [3.8, 4) is 22.3 Å². The highest BCUT2D eigenvalue weighted by Gasteiger charge is 2.53. The van der Waals surface area contributed by atoms with Crippen LogP contribution in [0, 0.1) is 0 Å². The third-order valence-electron chi connectivity index (χ3n) is 13.6. The van der Waals surface area contributed by atoms with Crippen molar-refractivity contribution in [3.05, 3.63) is 258 Å². The zero-order valence-corrected chi connectivity index (χ0v) is 34.7. The van der Waals surface area contributed by atoms with E-state index in [4.69, 9.17) is 0 Å². The lowest BCUT2D eigenvalue weighted by atomic mass is 9.70. The summed E-state index contributed by atoms with van der Waals surface area (Å²) in [7, 11) is 0. The van der Waals surface area contributed by atoms with Gasteiger partial charge in [0.15, 0.2) is 0 Å². The summed E-state index contributed by atoms with van der Waals surface area (Å²) < 4.78 is 0. The minimum Gasteiger partial charge on any atom is -0.310 e. The Morgan fingerprint density at radius 3 is 1.61 bits per heavy atom. The van der Waals surface area contributed by atoms with Gasteiger partial charge in [0.05, 0.1) is 16.8 Å². The third-order valence-corrected chi connectivity index (χ3v) is 14.9. The van der Waals surface area contributed by atoms with Gasteiger partial charge in [0.2, 0.25) is 0 Å². The van der Waals surface area contributed by atoms with E-state index in [2.05, 4.69) is 240 Å². The van der Waals surface area contributed by atoms with Crippen LogP contribution in [-0.2, 0) is 5.41 Å². The molecule has 1 heterocycles. The van der Waals surface area contributed by atoms with Crippen molar-refractivity contribution >= 4 is 56.7 Å². The van der Waals surface area contributed by atoms with Crippen LogP contribution in [0.3, 0.4) is 0 Å². The second-order valence-corrected chi connectivity index (χ2v) is 17.9. The number of thioether (sulfide) groups is 1. The van der Waals surface area contributed by atoms with E-state index in [9.17, 15) is 0 Å². The van der Waals surface area contributed by atoms with Gasteiger partial charge in [-0.25, -0.2) is 0 Å². The second kappa shape index (κ2) is 13.9. The van der Waals surface area contributed by atoms with Crippen LogP contribution in [0.2, 0.25) is 0 Å². The van der Waals surface area contributed by atoms with Crippen LogP contribution in [0.5, 0.6) is 0 Å². The summed E-state index contributed by atoms with van der Waals surface area (Å²) in [5, 5.41) is 2.92. The van der Waals surface area contributed by atoms with Crippen LogP contribution in [0.15, 0.2) is 235 Å². The molecule has 1 aliphatic heterocycles. The fraction of sp³-hybridized carbons (Fsp3) is 0.0508. The molecule has 4 aliphatic rings. The summed E-state index contributed by atoms with van der Waals surface area (Å²) in [6.45, 7) is 0. The Morgan fingerprint density at radius 1 is 0.387 bits per heavy atom. The first kappa shape index (κ1) is 35.4. The van der Waals surface area contributed by atoms with Gasteiger partial charge in [0, 0.05) is 49.8 Å². The molecular formula is C59H40N2S. The summed E-state index contributed by atoms with van der Waals surface area (Å²) in [4.78, 5) is 6.31. The van der Waals surface area contributed by atoms with E-state index in [1.165, 1.54) is 77.1 Å². The maximum Gasteiger partial charge on any atom is 0.0727 e. The van der Waals surface area contributed by atoms with E-state index in [1.807, 2.05) is 11.8 Å². The first-order valence-electron chi connectivity index (χ1n) is 21.6. The fourth-order valence-electron chi connectivity index (χ4n) is 11.1. The predicted octanol–water partition coefficient (Wildman–Crippen LogP) is 15.8. The number of para-hydroxylation sites is 3. The van der Waals surface area contributed by atoms with E-state index < -0.39 is 5.41 Å². The summed E-state index contributed by atoms with van der Waals surface area (Å²) in [6, 6.07) is 76.8. The Hall–Kier alpha value is -7.33. The molecule has 3 unspecified atom stereocenters. The molecule has 9 aromatic rings. The molecule has 0 saturated carbocycles. The average Bonchev–Trinajstić information content (AvgIpc) is 3.97. The monoisotopic (exact) mass is 808 g/mol. The Morgan fingerprint density at radius 2 is 0.935 bits per heavy atom. The third kappa shape index (κ3) is 5.00. The Kier molecular flexibility index (Phi) is 7.92. The van der Waals surface area contributed by atoms with Gasteiger partial charge in [-0.1, -0.05) is 170 Å². The highest BCUT2D eigenvalue weighted by Crippen LogP contribution is 2.66. The largest absolute Gasteiger partial charge is 0.310 e. The smallest absolute Gasteiger partial charge is 0.0727 e. The standard InChI is InChI=1S/C59H40N2S/c1-4-19-39(20-5-1)60(40-21-6-2-7-22-40)54-38-52-57(46-27-11-10-25-43(46)54)47-28-12-15-30-49(47)59(52)50-31-16-13-29-48(50)58-51(59)32-18-33-53(58)61(41-23-8-3-9-24-41)42-35-36-45-44-26-14-17-34-55(44)62-56(45)37-42/h1-38,44,55H. The molecule has 3 aliphatic carbocycles. The number of rotatable bonds is 6. The van der Waals surface area contributed by atoms with E-state index in [1.54, 1.807) is 0 Å². The maximum absolute atomic E-state index is 2.53. The van der Waals surface area contributed by atoms with Crippen LogP contribution >= 0.6 is 11.8 Å². The van der Waals surface area contributed by atoms with Gasteiger partial charge in [-0.2, -0.15) is 0 Å². The van der Waals surface area contributed by atoms with Gasteiger partial charge in [-0.05, 0) is 111 Å². The van der Waals surface area contributed by atoms with E-state index >= 15 is 0 Å². The molecule has 62 heavy (non-hydrogen) atoms. The lowest BCUT2D eigenvalue weighted by Crippen LogP contribution is -2.26. The van der Waals surface area contributed by atoms with Crippen LogP contribution in [0.4, 0.5) is 34.1 Å². The first-order chi connectivity index (χ1) is 30.8.